The number of pyridine rings is 1. The van der Waals surface area contributed by atoms with E-state index in [-0.39, 0.29) is 0 Å². The Morgan fingerprint density at radius 2 is 2.19 bits per heavy atom. The molecule has 0 bridgehead atoms. The van der Waals surface area contributed by atoms with E-state index in [0.29, 0.717) is 5.69 Å². The van der Waals surface area contributed by atoms with Gasteiger partial charge in [-0.15, -0.1) is 11.3 Å². The standard InChI is InChI=1S/C12H15N3S/c1-9-4-5-16-12(9)8-14-7-11-3-2-10(13)6-15-11/h2-6,14H,7-8,13H2,1H3. The van der Waals surface area contributed by atoms with E-state index in [1.165, 1.54) is 10.4 Å². The Morgan fingerprint density at radius 1 is 1.31 bits per heavy atom. The number of hydrogen-bond acceptors (Lipinski definition) is 4. The maximum atomic E-state index is 5.57. The molecule has 0 aliphatic carbocycles. The van der Waals surface area contributed by atoms with Crippen molar-refractivity contribution in [2.24, 2.45) is 0 Å². The molecule has 0 amide bonds. The predicted molar refractivity (Wildman–Crippen MR) is 68.2 cm³/mol. The van der Waals surface area contributed by atoms with E-state index < -0.39 is 0 Å². The zero-order chi connectivity index (χ0) is 11.4. The van der Waals surface area contributed by atoms with Gasteiger partial charge in [0.15, 0.2) is 0 Å². The molecule has 0 radical (unpaired) electrons. The van der Waals surface area contributed by atoms with Gasteiger partial charge in [-0.3, -0.25) is 4.98 Å². The Balaban J connectivity index is 1.84. The minimum absolute atomic E-state index is 0.706. The zero-order valence-electron chi connectivity index (χ0n) is 9.23. The number of nitrogens with two attached hydrogens (primary N) is 1. The third kappa shape index (κ3) is 2.81. The number of nitrogen functional groups attached to an aromatic ring is 1. The summed E-state index contributed by atoms with van der Waals surface area (Å²) in [6.45, 7) is 3.81. The highest BCUT2D eigenvalue weighted by Gasteiger charge is 1.99. The van der Waals surface area contributed by atoms with Gasteiger partial charge < -0.3 is 11.1 Å². The third-order valence-corrected chi connectivity index (χ3v) is 3.43. The second-order valence-corrected chi connectivity index (χ2v) is 4.71. The van der Waals surface area contributed by atoms with Gasteiger partial charge in [-0.25, -0.2) is 0 Å². The smallest absolute Gasteiger partial charge is 0.0543 e. The van der Waals surface area contributed by atoms with Crippen molar-refractivity contribution in [2.75, 3.05) is 5.73 Å². The number of anilines is 1. The molecule has 84 valence electrons. The highest BCUT2D eigenvalue weighted by molar-refractivity contribution is 7.10. The Labute approximate surface area is 99.3 Å². The molecule has 0 spiro atoms. The van der Waals surface area contributed by atoms with Crippen LogP contribution in [0.4, 0.5) is 5.69 Å². The van der Waals surface area contributed by atoms with Crippen LogP contribution in [0, 0.1) is 6.92 Å². The molecule has 0 aliphatic heterocycles. The summed E-state index contributed by atoms with van der Waals surface area (Å²) < 4.78 is 0. The van der Waals surface area contributed by atoms with E-state index in [1.54, 1.807) is 17.5 Å². The number of rotatable bonds is 4. The van der Waals surface area contributed by atoms with Gasteiger partial charge in [0.1, 0.15) is 0 Å². The number of hydrogen-bond donors (Lipinski definition) is 2. The van der Waals surface area contributed by atoms with Crippen LogP contribution in [-0.4, -0.2) is 4.98 Å². The maximum Gasteiger partial charge on any atom is 0.0543 e. The van der Waals surface area contributed by atoms with E-state index in [4.69, 9.17) is 5.73 Å². The van der Waals surface area contributed by atoms with Crippen LogP contribution in [0.2, 0.25) is 0 Å². The van der Waals surface area contributed by atoms with Gasteiger partial charge >= 0.3 is 0 Å². The summed E-state index contributed by atoms with van der Waals surface area (Å²) in [5.41, 5.74) is 8.64. The minimum atomic E-state index is 0.706. The monoisotopic (exact) mass is 233 g/mol. The molecule has 0 fully saturated rings. The second-order valence-electron chi connectivity index (χ2n) is 3.71. The normalized spacial score (nSPS) is 10.6. The van der Waals surface area contributed by atoms with Crippen LogP contribution >= 0.6 is 11.3 Å². The highest BCUT2D eigenvalue weighted by atomic mass is 32.1. The number of aromatic nitrogens is 1. The van der Waals surface area contributed by atoms with Gasteiger partial charge in [-0.05, 0) is 36.1 Å². The Bertz CT molecular complexity index is 448. The lowest BCUT2D eigenvalue weighted by molar-refractivity contribution is 0.685. The summed E-state index contributed by atoms with van der Waals surface area (Å²) in [4.78, 5) is 5.62. The van der Waals surface area contributed by atoms with E-state index in [9.17, 15) is 0 Å². The van der Waals surface area contributed by atoms with Crippen molar-refractivity contribution >= 4 is 17.0 Å². The van der Waals surface area contributed by atoms with Gasteiger partial charge in [0.2, 0.25) is 0 Å². The molecule has 2 heterocycles. The first-order chi connectivity index (χ1) is 7.75. The summed E-state index contributed by atoms with van der Waals surface area (Å²) in [7, 11) is 0. The number of nitrogens with one attached hydrogen (secondary N) is 1. The van der Waals surface area contributed by atoms with E-state index in [2.05, 4.69) is 28.7 Å². The fourth-order valence-corrected chi connectivity index (χ4v) is 2.31. The SMILES string of the molecule is Cc1ccsc1CNCc1ccc(N)cn1. The first-order valence-electron chi connectivity index (χ1n) is 5.20. The van der Waals surface area contributed by atoms with Crippen molar-refractivity contribution in [3.63, 3.8) is 0 Å². The Hall–Kier alpha value is -1.39. The highest BCUT2D eigenvalue weighted by Crippen LogP contribution is 2.14. The molecule has 0 saturated heterocycles. The van der Waals surface area contributed by atoms with Gasteiger partial charge in [0.25, 0.3) is 0 Å². The zero-order valence-corrected chi connectivity index (χ0v) is 10.1. The molecule has 0 unspecified atom stereocenters. The average molecular weight is 233 g/mol. The van der Waals surface area contributed by atoms with Crippen LogP contribution in [0.15, 0.2) is 29.8 Å². The van der Waals surface area contributed by atoms with Crippen molar-refractivity contribution in [3.05, 3.63) is 45.9 Å². The van der Waals surface area contributed by atoms with Crippen LogP contribution in [0.3, 0.4) is 0 Å². The lowest BCUT2D eigenvalue weighted by atomic mass is 10.3. The molecular weight excluding hydrogens is 218 g/mol. The van der Waals surface area contributed by atoms with Gasteiger partial charge in [-0.1, -0.05) is 0 Å². The van der Waals surface area contributed by atoms with E-state index >= 15 is 0 Å². The predicted octanol–water partition coefficient (Wildman–Crippen LogP) is 2.32. The molecule has 4 heteroatoms. The molecule has 0 atom stereocenters. The largest absolute Gasteiger partial charge is 0.397 e. The third-order valence-electron chi connectivity index (χ3n) is 2.41. The summed E-state index contributed by atoms with van der Waals surface area (Å²) in [6, 6.07) is 5.97. The molecule has 2 aromatic rings. The molecule has 2 aromatic heterocycles. The van der Waals surface area contributed by atoms with Gasteiger partial charge in [-0.2, -0.15) is 0 Å². The minimum Gasteiger partial charge on any atom is -0.397 e. The van der Waals surface area contributed by atoms with Crippen LogP contribution in [-0.2, 0) is 13.1 Å². The van der Waals surface area contributed by atoms with Crippen LogP contribution < -0.4 is 11.1 Å². The topological polar surface area (TPSA) is 50.9 Å². The van der Waals surface area contributed by atoms with Gasteiger partial charge in [0.05, 0.1) is 17.6 Å². The molecule has 0 aliphatic rings. The molecular formula is C12H15N3S. The Morgan fingerprint density at radius 3 is 2.81 bits per heavy atom. The average Bonchev–Trinajstić information content (AvgIpc) is 2.68. The molecule has 16 heavy (non-hydrogen) atoms. The van der Waals surface area contributed by atoms with Crippen LogP contribution in [0.25, 0.3) is 0 Å². The first kappa shape index (κ1) is 11.1. The molecule has 3 N–H and O–H groups in total. The van der Waals surface area contributed by atoms with E-state index in [1.807, 2.05) is 12.1 Å². The summed E-state index contributed by atoms with van der Waals surface area (Å²) in [6.07, 6.45) is 1.69. The second kappa shape index (κ2) is 5.09. The number of thiophene rings is 1. The maximum absolute atomic E-state index is 5.57. The van der Waals surface area contributed by atoms with E-state index in [0.717, 1.165) is 18.8 Å². The van der Waals surface area contributed by atoms with Crippen molar-refractivity contribution in [1.29, 1.82) is 0 Å². The van der Waals surface area contributed by atoms with Crippen molar-refractivity contribution < 1.29 is 0 Å². The van der Waals surface area contributed by atoms with Crippen LogP contribution in [0.1, 0.15) is 16.1 Å². The quantitative estimate of drug-likeness (QED) is 0.852. The Kier molecular flexibility index (Phi) is 3.54. The van der Waals surface area contributed by atoms with Gasteiger partial charge in [0, 0.05) is 18.0 Å². The number of aryl methyl sites for hydroxylation is 1. The first-order valence-corrected chi connectivity index (χ1v) is 6.08. The molecule has 2 rings (SSSR count). The fourth-order valence-electron chi connectivity index (χ4n) is 1.43. The van der Waals surface area contributed by atoms with Crippen molar-refractivity contribution in [2.45, 2.75) is 20.0 Å². The molecule has 3 nitrogen and oxygen atoms in total. The summed E-state index contributed by atoms with van der Waals surface area (Å²) >= 11 is 1.78. The fraction of sp³-hybridized carbons (Fsp3) is 0.250. The van der Waals surface area contributed by atoms with Crippen LogP contribution in [0.5, 0.6) is 0 Å². The number of nitrogens with zero attached hydrogens (tertiary/aromatic N) is 1. The lowest BCUT2D eigenvalue weighted by Crippen LogP contribution is -2.13. The summed E-state index contributed by atoms with van der Waals surface area (Å²) in [5, 5.41) is 5.49. The van der Waals surface area contributed by atoms with Crippen molar-refractivity contribution in [1.82, 2.24) is 10.3 Å². The molecule has 0 saturated carbocycles. The van der Waals surface area contributed by atoms with Crippen molar-refractivity contribution in [3.8, 4) is 0 Å². The summed E-state index contributed by atoms with van der Waals surface area (Å²) in [5.74, 6) is 0. The lowest BCUT2D eigenvalue weighted by Gasteiger charge is -2.04. The molecule has 0 aromatic carbocycles.